The van der Waals surface area contributed by atoms with Crippen molar-refractivity contribution in [1.82, 2.24) is 0 Å². The first kappa shape index (κ1) is 13.8. The number of anilines is 1. The Morgan fingerprint density at radius 3 is 2.58 bits per heavy atom. The molecule has 2 aromatic carbocycles. The van der Waals surface area contributed by atoms with Crippen molar-refractivity contribution in [1.29, 1.82) is 0 Å². The van der Waals surface area contributed by atoms with E-state index < -0.39 is 0 Å². The van der Waals surface area contributed by atoms with E-state index in [4.69, 9.17) is 0 Å². The van der Waals surface area contributed by atoms with Crippen LogP contribution in [0.1, 0.15) is 27.0 Å². The molecule has 98 valence electrons. The highest BCUT2D eigenvalue weighted by Gasteiger charge is 2.10. The Balaban J connectivity index is 2.26. The molecule has 2 nitrogen and oxygen atoms in total. The van der Waals surface area contributed by atoms with Gasteiger partial charge in [-0.05, 0) is 37.1 Å². The number of nitrogens with one attached hydrogen (secondary N) is 1. The Bertz CT molecular complexity index is 607. The monoisotopic (exact) mass is 317 g/mol. The Hall–Kier alpha value is -1.61. The molecular weight excluding hydrogens is 302 g/mol. The van der Waals surface area contributed by atoms with Gasteiger partial charge < -0.3 is 5.32 Å². The number of aryl methyl sites for hydroxylation is 2. The third-order valence-corrected chi connectivity index (χ3v) is 3.64. The average molecular weight is 318 g/mol. The molecule has 0 bridgehead atoms. The number of rotatable bonds is 3. The number of hydrogen-bond donors (Lipinski definition) is 1. The van der Waals surface area contributed by atoms with Gasteiger partial charge in [0.2, 0.25) is 0 Å². The number of carbonyl (C=O) groups excluding carboxylic acids is 1. The maximum Gasteiger partial charge on any atom is 0.255 e. The highest BCUT2D eigenvalue weighted by atomic mass is 79.9. The zero-order chi connectivity index (χ0) is 13.8. The molecule has 0 atom stereocenters. The number of benzene rings is 2. The quantitative estimate of drug-likeness (QED) is 0.832. The second kappa shape index (κ2) is 6.02. The lowest BCUT2D eigenvalue weighted by atomic mass is 10.0. The SMILES string of the molecule is Cc1ccc(C(=O)Nc2ccccc2CBr)c(C)c1. The van der Waals surface area contributed by atoms with Gasteiger partial charge in [0.1, 0.15) is 0 Å². The minimum atomic E-state index is -0.0640. The fraction of sp³-hybridized carbons (Fsp3) is 0.188. The summed E-state index contributed by atoms with van der Waals surface area (Å²) in [5.41, 5.74) is 4.80. The molecule has 1 amide bonds. The number of hydrogen-bond acceptors (Lipinski definition) is 1. The van der Waals surface area contributed by atoms with Crippen LogP contribution in [0.2, 0.25) is 0 Å². The Labute approximate surface area is 122 Å². The molecule has 0 unspecified atom stereocenters. The fourth-order valence-corrected chi connectivity index (χ4v) is 2.51. The van der Waals surface area contributed by atoms with E-state index in [1.54, 1.807) is 0 Å². The molecule has 0 aliphatic heterocycles. The first-order valence-electron chi connectivity index (χ1n) is 6.14. The summed E-state index contributed by atoms with van der Waals surface area (Å²) in [6, 6.07) is 13.6. The van der Waals surface area contributed by atoms with Crippen LogP contribution < -0.4 is 5.32 Å². The van der Waals surface area contributed by atoms with Crippen LogP contribution in [0, 0.1) is 13.8 Å². The zero-order valence-corrected chi connectivity index (χ0v) is 12.6. The first-order valence-corrected chi connectivity index (χ1v) is 7.26. The molecule has 0 aliphatic carbocycles. The predicted molar refractivity (Wildman–Crippen MR) is 82.9 cm³/mol. The van der Waals surface area contributed by atoms with Crippen molar-refractivity contribution in [3.05, 3.63) is 64.7 Å². The minimum absolute atomic E-state index is 0.0640. The van der Waals surface area contributed by atoms with Gasteiger partial charge in [-0.1, -0.05) is 51.8 Å². The van der Waals surface area contributed by atoms with Crippen molar-refractivity contribution in [3.63, 3.8) is 0 Å². The molecule has 2 aromatic rings. The summed E-state index contributed by atoms with van der Waals surface area (Å²) in [4.78, 5) is 12.3. The van der Waals surface area contributed by atoms with Gasteiger partial charge in [-0.3, -0.25) is 4.79 Å². The summed E-state index contributed by atoms with van der Waals surface area (Å²) in [6.45, 7) is 3.98. The molecule has 19 heavy (non-hydrogen) atoms. The largest absolute Gasteiger partial charge is 0.322 e. The highest BCUT2D eigenvalue weighted by molar-refractivity contribution is 9.08. The molecule has 0 spiro atoms. The van der Waals surface area contributed by atoms with Gasteiger partial charge in [-0.25, -0.2) is 0 Å². The Morgan fingerprint density at radius 2 is 1.89 bits per heavy atom. The van der Waals surface area contributed by atoms with Crippen molar-refractivity contribution >= 4 is 27.5 Å². The Kier molecular flexibility index (Phi) is 4.38. The summed E-state index contributed by atoms with van der Waals surface area (Å²) in [5, 5.41) is 3.69. The topological polar surface area (TPSA) is 29.1 Å². The lowest BCUT2D eigenvalue weighted by Gasteiger charge is -2.11. The van der Waals surface area contributed by atoms with Gasteiger partial charge in [0, 0.05) is 16.6 Å². The van der Waals surface area contributed by atoms with E-state index in [-0.39, 0.29) is 5.91 Å². The predicted octanol–water partition coefficient (Wildman–Crippen LogP) is 4.45. The van der Waals surface area contributed by atoms with Crippen LogP contribution in [0.5, 0.6) is 0 Å². The van der Waals surface area contributed by atoms with Gasteiger partial charge in [0.25, 0.3) is 5.91 Å². The third-order valence-electron chi connectivity index (χ3n) is 3.04. The van der Waals surface area contributed by atoms with Gasteiger partial charge in [-0.15, -0.1) is 0 Å². The van der Waals surface area contributed by atoms with Crippen LogP contribution in [0.3, 0.4) is 0 Å². The van der Waals surface area contributed by atoms with Gasteiger partial charge in [0.05, 0.1) is 0 Å². The minimum Gasteiger partial charge on any atom is -0.322 e. The zero-order valence-electron chi connectivity index (χ0n) is 11.0. The highest BCUT2D eigenvalue weighted by Crippen LogP contribution is 2.19. The number of carbonyl (C=O) groups is 1. The maximum absolute atomic E-state index is 12.3. The molecule has 0 heterocycles. The van der Waals surface area contributed by atoms with E-state index in [2.05, 4.69) is 21.2 Å². The van der Waals surface area contributed by atoms with Crippen molar-refractivity contribution in [2.75, 3.05) is 5.32 Å². The summed E-state index contributed by atoms with van der Waals surface area (Å²) in [7, 11) is 0. The van der Waals surface area contributed by atoms with Gasteiger partial charge in [-0.2, -0.15) is 0 Å². The summed E-state index contributed by atoms with van der Waals surface area (Å²) in [5.74, 6) is -0.0640. The van der Waals surface area contributed by atoms with Crippen LogP contribution in [0.25, 0.3) is 0 Å². The number of amides is 1. The lowest BCUT2D eigenvalue weighted by Crippen LogP contribution is -2.14. The van der Waals surface area contributed by atoms with E-state index in [0.29, 0.717) is 0 Å². The molecule has 0 aromatic heterocycles. The molecular formula is C16H16BrNO. The van der Waals surface area contributed by atoms with Crippen LogP contribution in [0.4, 0.5) is 5.69 Å². The molecule has 0 saturated heterocycles. The molecule has 0 aliphatic rings. The van der Waals surface area contributed by atoms with Crippen molar-refractivity contribution < 1.29 is 4.79 Å². The lowest BCUT2D eigenvalue weighted by molar-refractivity contribution is 0.102. The summed E-state index contributed by atoms with van der Waals surface area (Å²) in [6.07, 6.45) is 0. The number of para-hydroxylation sites is 1. The Morgan fingerprint density at radius 1 is 1.16 bits per heavy atom. The second-order valence-corrected chi connectivity index (χ2v) is 5.12. The van der Waals surface area contributed by atoms with Crippen LogP contribution in [-0.4, -0.2) is 5.91 Å². The van der Waals surface area contributed by atoms with Crippen LogP contribution in [-0.2, 0) is 5.33 Å². The van der Waals surface area contributed by atoms with Crippen LogP contribution in [0.15, 0.2) is 42.5 Å². The van der Waals surface area contributed by atoms with E-state index in [9.17, 15) is 4.79 Å². The first-order chi connectivity index (χ1) is 9.11. The van der Waals surface area contributed by atoms with Gasteiger partial charge >= 0.3 is 0 Å². The molecule has 0 radical (unpaired) electrons. The van der Waals surface area contributed by atoms with E-state index in [1.807, 2.05) is 56.3 Å². The summed E-state index contributed by atoms with van der Waals surface area (Å²) < 4.78 is 0. The van der Waals surface area contributed by atoms with E-state index >= 15 is 0 Å². The van der Waals surface area contributed by atoms with E-state index in [0.717, 1.165) is 33.3 Å². The van der Waals surface area contributed by atoms with Crippen molar-refractivity contribution in [3.8, 4) is 0 Å². The van der Waals surface area contributed by atoms with Crippen LogP contribution >= 0.6 is 15.9 Å². The molecule has 1 N–H and O–H groups in total. The standard InChI is InChI=1S/C16H16BrNO/c1-11-7-8-14(12(2)9-11)16(19)18-15-6-4-3-5-13(15)10-17/h3-9H,10H2,1-2H3,(H,18,19). The molecule has 0 fully saturated rings. The molecule has 2 rings (SSSR count). The summed E-state index contributed by atoms with van der Waals surface area (Å²) >= 11 is 3.43. The molecule has 3 heteroatoms. The van der Waals surface area contributed by atoms with E-state index in [1.165, 1.54) is 0 Å². The van der Waals surface area contributed by atoms with Crippen molar-refractivity contribution in [2.24, 2.45) is 0 Å². The second-order valence-electron chi connectivity index (χ2n) is 4.56. The maximum atomic E-state index is 12.3. The smallest absolute Gasteiger partial charge is 0.255 e. The fourth-order valence-electron chi connectivity index (χ4n) is 2.02. The number of alkyl halides is 1. The molecule has 0 saturated carbocycles. The third kappa shape index (κ3) is 3.24. The normalized spacial score (nSPS) is 10.3. The average Bonchev–Trinajstić information content (AvgIpc) is 2.39. The number of halogens is 1. The van der Waals surface area contributed by atoms with Gasteiger partial charge in [0.15, 0.2) is 0 Å². The van der Waals surface area contributed by atoms with Crippen molar-refractivity contribution in [2.45, 2.75) is 19.2 Å².